The first-order chi connectivity index (χ1) is 16.7. The fourth-order valence-electron chi connectivity index (χ4n) is 3.99. The predicted molar refractivity (Wildman–Crippen MR) is 142 cm³/mol. The number of hydrogen-bond donors (Lipinski definition) is 0. The van der Waals surface area contributed by atoms with Crippen molar-refractivity contribution in [1.82, 2.24) is 4.57 Å². The van der Waals surface area contributed by atoms with Crippen molar-refractivity contribution in [2.75, 3.05) is 32.7 Å². The number of carbonyl (C=O) groups is 1. The first kappa shape index (κ1) is 24.9. The van der Waals surface area contributed by atoms with Crippen LogP contribution in [0.4, 0.5) is 5.69 Å². The van der Waals surface area contributed by atoms with Gasteiger partial charge in [-0.25, -0.2) is 9.79 Å². The van der Waals surface area contributed by atoms with Gasteiger partial charge in [0.15, 0.2) is 4.80 Å². The lowest BCUT2D eigenvalue weighted by molar-refractivity contribution is -0.139. The summed E-state index contributed by atoms with van der Waals surface area (Å²) in [6.07, 6.45) is 1.82. The minimum atomic E-state index is -0.633. The molecule has 3 aromatic rings. The number of hydrogen-bond acceptors (Lipinski definition) is 7. The van der Waals surface area contributed by atoms with E-state index in [2.05, 4.69) is 20.9 Å². The molecule has 0 spiro atoms. The number of nitrogens with zero attached hydrogens (tertiary/aromatic N) is 3. The topological polar surface area (TPSA) is 73.1 Å². The van der Waals surface area contributed by atoms with Gasteiger partial charge in [0.1, 0.15) is 5.75 Å². The zero-order valence-electron chi connectivity index (χ0n) is 20.2. The average Bonchev–Trinajstić information content (AvgIpc) is 3.12. The zero-order valence-corrected chi connectivity index (χ0v) is 22.6. The van der Waals surface area contributed by atoms with Gasteiger partial charge in [0.05, 0.1) is 40.0 Å². The minimum absolute atomic E-state index is 0.211. The highest BCUT2D eigenvalue weighted by Gasteiger charge is 2.33. The van der Waals surface area contributed by atoms with Crippen LogP contribution in [0, 0.1) is 0 Å². The number of fused-ring (bicyclic) bond motifs is 1. The molecule has 1 atom stereocenters. The molecular weight excluding hydrogens is 530 g/mol. The van der Waals surface area contributed by atoms with Crippen LogP contribution >= 0.6 is 27.3 Å². The number of allylic oxidation sites excluding steroid dienone is 1. The van der Waals surface area contributed by atoms with Gasteiger partial charge < -0.3 is 14.4 Å². The quantitative estimate of drug-likeness (QED) is 0.434. The van der Waals surface area contributed by atoms with Gasteiger partial charge in [0.2, 0.25) is 0 Å². The van der Waals surface area contributed by atoms with Crippen molar-refractivity contribution in [3.05, 3.63) is 89.0 Å². The fourth-order valence-corrected chi connectivity index (χ4v) is 5.59. The molecule has 0 N–H and O–H groups in total. The maximum Gasteiger partial charge on any atom is 0.338 e. The maximum absolute atomic E-state index is 13.7. The number of methoxy groups -OCH3 is 1. The maximum atomic E-state index is 13.7. The standard InChI is InChI=1S/C26H26BrN3O4S/c1-6-34-25(32)22-15(2)28-26-30(23(22)17-8-10-18(11-9-17)29(3)4)24(31)21(35-26)14-16-7-12-20(33-5)19(27)13-16/h7-14,23H,6H2,1-5H3/b21-14-. The number of ether oxygens (including phenoxy) is 2. The predicted octanol–water partition coefficient (Wildman–Crippen LogP) is 3.64. The summed E-state index contributed by atoms with van der Waals surface area (Å²) in [6.45, 7) is 3.78. The molecular formula is C26H26BrN3O4S. The van der Waals surface area contributed by atoms with Crippen LogP contribution in [-0.2, 0) is 9.53 Å². The molecule has 1 unspecified atom stereocenters. The second kappa shape index (κ2) is 10.2. The van der Waals surface area contributed by atoms with Crippen LogP contribution in [0.3, 0.4) is 0 Å². The first-order valence-electron chi connectivity index (χ1n) is 11.1. The Morgan fingerprint density at radius 3 is 2.54 bits per heavy atom. The van der Waals surface area contributed by atoms with E-state index in [4.69, 9.17) is 9.47 Å². The second-order valence-electron chi connectivity index (χ2n) is 8.18. The van der Waals surface area contributed by atoms with Crippen LogP contribution in [0.5, 0.6) is 5.75 Å². The minimum Gasteiger partial charge on any atom is -0.496 e. The van der Waals surface area contributed by atoms with E-state index < -0.39 is 12.0 Å². The SMILES string of the molecule is CCOC(=O)C1=C(C)N=c2s/c(=C\c3ccc(OC)c(Br)c3)c(=O)n2C1c1ccc(N(C)C)cc1. The number of halogens is 1. The average molecular weight is 556 g/mol. The van der Waals surface area contributed by atoms with Crippen LogP contribution in [0.1, 0.15) is 31.0 Å². The van der Waals surface area contributed by atoms with Gasteiger partial charge in [-0.1, -0.05) is 29.5 Å². The second-order valence-corrected chi connectivity index (χ2v) is 10.0. The van der Waals surface area contributed by atoms with Crippen LogP contribution in [0.25, 0.3) is 6.08 Å². The molecule has 2 heterocycles. The molecule has 0 amide bonds. The third-order valence-corrected chi connectivity index (χ3v) is 7.32. The molecule has 2 aromatic carbocycles. The number of anilines is 1. The molecule has 0 fully saturated rings. The summed E-state index contributed by atoms with van der Waals surface area (Å²) in [5.74, 6) is 0.239. The molecule has 182 valence electrons. The molecule has 0 saturated carbocycles. The number of rotatable bonds is 6. The van der Waals surface area contributed by atoms with E-state index in [0.717, 1.165) is 21.3 Å². The van der Waals surface area contributed by atoms with Crippen molar-refractivity contribution in [2.24, 2.45) is 4.99 Å². The van der Waals surface area contributed by atoms with E-state index in [0.29, 0.717) is 26.4 Å². The normalized spacial score (nSPS) is 15.5. The zero-order chi connectivity index (χ0) is 25.3. The molecule has 4 rings (SSSR count). The van der Waals surface area contributed by atoms with Gasteiger partial charge in [-0.2, -0.15) is 0 Å². The van der Waals surface area contributed by atoms with Gasteiger partial charge in [-0.05, 0) is 71.2 Å². The summed E-state index contributed by atoms with van der Waals surface area (Å²) in [5, 5.41) is 0. The van der Waals surface area contributed by atoms with Crippen molar-refractivity contribution in [1.29, 1.82) is 0 Å². The molecule has 1 aliphatic rings. The monoisotopic (exact) mass is 555 g/mol. The van der Waals surface area contributed by atoms with Gasteiger partial charge in [0, 0.05) is 19.8 Å². The Balaban J connectivity index is 1.91. The molecule has 0 aliphatic carbocycles. The van der Waals surface area contributed by atoms with E-state index in [1.807, 2.05) is 67.5 Å². The van der Waals surface area contributed by atoms with Crippen molar-refractivity contribution in [2.45, 2.75) is 19.9 Å². The number of aromatic nitrogens is 1. The lowest BCUT2D eigenvalue weighted by atomic mass is 9.95. The highest BCUT2D eigenvalue weighted by molar-refractivity contribution is 9.10. The molecule has 0 radical (unpaired) electrons. The molecule has 35 heavy (non-hydrogen) atoms. The third-order valence-electron chi connectivity index (χ3n) is 5.72. The van der Waals surface area contributed by atoms with E-state index in [1.165, 1.54) is 11.3 Å². The molecule has 9 heteroatoms. The summed E-state index contributed by atoms with van der Waals surface area (Å²) in [6, 6.07) is 12.8. The fraction of sp³-hybridized carbons (Fsp3) is 0.269. The van der Waals surface area contributed by atoms with E-state index in [-0.39, 0.29) is 12.2 Å². The number of thiazole rings is 1. The Morgan fingerprint density at radius 2 is 1.94 bits per heavy atom. The van der Waals surface area contributed by atoms with Crippen molar-refractivity contribution >= 4 is 45.0 Å². The third kappa shape index (κ3) is 4.83. The Labute approximate surface area is 215 Å². The highest BCUT2D eigenvalue weighted by Crippen LogP contribution is 2.31. The highest BCUT2D eigenvalue weighted by atomic mass is 79.9. The lowest BCUT2D eigenvalue weighted by Crippen LogP contribution is -2.39. The Kier molecular flexibility index (Phi) is 7.28. The van der Waals surface area contributed by atoms with Crippen LogP contribution < -0.4 is 24.5 Å². The lowest BCUT2D eigenvalue weighted by Gasteiger charge is -2.25. The van der Waals surface area contributed by atoms with Crippen molar-refractivity contribution in [3.8, 4) is 5.75 Å². The van der Waals surface area contributed by atoms with Crippen LogP contribution in [0.2, 0.25) is 0 Å². The van der Waals surface area contributed by atoms with Gasteiger partial charge >= 0.3 is 5.97 Å². The molecule has 7 nitrogen and oxygen atoms in total. The van der Waals surface area contributed by atoms with Crippen LogP contribution in [-0.4, -0.2) is 38.3 Å². The molecule has 0 saturated heterocycles. The Morgan fingerprint density at radius 1 is 1.23 bits per heavy atom. The summed E-state index contributed by atoms with van der Waals surface area (Å²) in [7, 11) is 5.53. The molecule has 0 bridgehead atoms. The Hall–Kier alpha value is -3.17. The summed E-state index contributed by atoms with van der Waals surface area (Å²) >= 11 is 4.79. The molecule has 1 aliphatic heterocycles. The first-order valence-corrected chi connectivity index (χ1v) is 12.7. The number of benzene rings is 2. The number of carbonyl (C=O) groups excluding carboxylic acids is 1. The largest absolute Gasteiger partial charge is 0.496 e. The Bertz CT molecular complexity index is 1490. The summed E-state index contributed by atoms with van der Waals surface area (Å²) < 4.78 is 13.6. The van der Waals surface area contributed by atoms with Crippen molar-refractivity contribution in [3.63, 3.8) is 0 Å². The van der Waals surface area contributed by atoms with E-state index in [9.17, 15) is 9.59 Å². The van der Waals surface area contributed by atoms with Gasteiger partial charge in [0.25, 0.3) is 5.56 Å². The molecule has 1 aromatic heterocycles. The summed E-state index contributed by atoms with van der Waals surface area (Å²) in [5.41, 5.74) is 3.38. The smallest absolute Gasteiger partial charge is 0.338 e. The van der Waals surface area contributed by atoms with E-state index in [1.54, 1.807) is 25.5 Å². The summed E-state index contributed by atoms with van der Waals surface area (Å²) in [4.78, 5) is 33.8. The number of esters is 1. The van der Waals surface area contributed by atoms with Gasteiger partial charge in [-0.15, -0.1) is 0 Å². The van der Waals surface area contributed by atoms with Crippen molar-refractivity contribution < 1.29 is 14.3 Å². The van der Waals surface area contributed by atoms with Crippen LogP contribution in [0.15, 0.2) is 68.0 Å². The van der Waals surface area contributed by atoms with E-state index >= 15 is 0 Å². The van der Waals surface area contributed by atoms with Gasteiger partial charge in [-0.3, -0.25) is 9.36 Å².